The Hall–Kier alpha value is -3.39. The van der Waals surface area contributed by atoms with Gasteiger partial charge in [-0.3, -0.25) is 13.9 Å². The van der Waals surface area contributed by atoms with Gasteiger partial charge in [-0.1, -0.05) is 34.1 Å². The van der Waals surface area contributed by atoms with E-state index in [1.54, 1.807) is 34.4 Å². The average molecular weight is 469 g/mol. The molecule has 0 aliphatic heterocycles. The lowest BCUT2D eigenvalue weighted by Crippen LogP contribution is -2.23. The minimum atomic E-state index is -0.471. The number of nitrogens with one attached hydrogen (secondary N) is 1. The molecule has 1 amide bonds. The number of nitrogens with zero attached hydrogens (tertiary/aromatic N) is 2. The number of para-hydroxylation sites is 2. The van der Waals surface area contributed by atoms with Gasteiger partial charge in [0.05, 0.1) is 29.0 Å². The monoisotopic (exact) mass is 468 g/mol. The van der Waals surface area contributed by atoms with Crippen LogP contribution in [0.1, 0.15) is 15.9 Å². The van der Waals surface area contributed by atoms with E-state index in [0.717, 1.165) is 22.7 Å². The van der Waals surface area contributed by atoms with E-state index < -0.39 is 5.82 Å². The highest BCUT2D eigenvalue weighted by Gasteiger charge is 2.14. The van der Waals surface area contributed by atoms with Crippen molar-refractivity contribution in [1.82, 2.24) is 9.13 Å². The zero-order chi connectivity index (χ0) is 21.4. The highest BCUT2D eigenvalue weighted by molar-refractivity contribution is 9.10. The van der Waals surface area contributed by atoms with Crippen molar-refractivity contribution in [3.63, 3.8) is 0 Å². The largest absolute Gasteiger partial charge is 0.397 e. The third kappa shape index (κ3) is 3.61. The summed E-state index contributed by atoms with van der Waals surface area (Å²) in [6, 6.07) is 16.5. The molecule has 0 spiro atoms. The van der Waals surface area contributed by atoms with Gasteiger partial charge in [0, 0.05) is 17.1 Å². The number of amides is 1. The zero-order valence-corrected chi connectivity index (χ0v) is 17.6. The average Bonchev–Trinajstić information content (AvgIpc) is 2.96. The molecule has 0 aliphatic carbocycles. The van der Waals surface area contributed by atoms with Crippen molar-refractivity contribution in [2.24, 2.45) is 7.05 Å². The number of aromatic nitrogens is 2. The lowest BCUT2D eigenvalue weighted by atomic mass is 10.1. The van der Waals surface area contributed by atoms with E-state index in [1.165, 1.54) is 12.1 Å². The third-order valence-electron chi connectivity index (χ3n) is 4.96. The van der Waals surface area contributed by atoms with E-state index in [1.807, 2.05) is 24.3 Å². The summed E-state index contributed by atoms with van der Waals surface area (Å²) in [6.45, 7) is 0.355. The van der Waals surface area contributed by atoms with Gasteiger partial charge in [0.1, 0.15) is 5.82 Å². The zero-order valence-electron chi connectivity index (χ0n) is 16.0. The number of rotatable bonds is 4. The molecule has 0 unspecified atom stereocenters. The van der Waals surface area contributed by atoms with Gasteiger partial charge in [-0.25, -0.2) is 9.18 Å². The molecule has 4 rings (SSSR count). The lowest BCUT2D eigenvalue weighted by molar-refractivity contribution is 0.102. The van der Waals surface area contributed by atoms with Crippen molar-refractivity contribution < 1.29 is 9.18 Å². The minimum Gasteiger partial charge on any atom is -0.397 e. The minimum absolute atomic E-state index is 0.114. The summed E-state index contributed by atoms with van der Waals surface area (Å²) < 4.78 is 17.2. The van der Waals surface area contributed by atoms with Gasteiger partial charge < -0.3 is 11.1 Å². The van der Waals surface area contributed by atoms with Gasteiger partial charge in [-0.2, -0.15) is 0 Å². The molecule has 3 N–H and O–H groups in total. The van der Waals surface area contributed by atoms with Gasteiger partial charge >= 0.3 is 5.69 Å². The first-order valence-electron chi connectivity index (χ1n) is 9.14. The van der Waals surface area contributed by atoms with Gasteiger partial charge in [-0.15, -0.1) is 0 Å². The smallest absolute Gasteiger partial charge is 0.329 e. The van der Waals surface area contributed by atoms with Crippen LogP contribution in [0.3, 0.4) is 0 Å². The van der Waals surface area contributed by atoms with E-state index in [9.17, 15) is 14.0 Å². The molecule has 3 aromatic carbocycles. The van der Waals surface area contributed by atoms with Crippen LogP contribution in [-0.4, -0.2) is 15.0 Å². The maximum absolute atomic E-state index is 13.2. The van der Waals surface area contributed by atoms with Crippen LogP contribution in [-0.2, 0) is 13.6 Å². The van der Waals surface area contributed by atoms with Gasteiger partial charge in [0.25, 0.3) is 5.91 Å². The third-order valence-corrected chi connectivity index (χ3v) is 5.70. The molecule has 1 aromatic heterocycles. The second kappa shape index (κ2) is 7.79. The van der Waals surface area contributed by atoms with Crippen LogP contribution in [0.15, 0.2) is 69.9 Å². The summed E-state index contributed by atoms with van der Waals surface area (Å²) >= 11 is 3.50. The highest BCUT2D eigenvalue weighted by Crippen LogP contribution is 2.24. The molecule has 0 saturated carbocycles. The number of carbonyl (C=O) groups excluding carboxylic acids is 1. The quantitative estimate of drug-likeness (QED) is 0.441. The molecule has 0 radical (unpaired) electrons. The number of anilines is 2. The van der Waals surface area contributed by atoms with E-state index >= 15 is 0 Å². The second-order valence-corrected chi connectivity index (χ2v) is 7.76. The van der Waals surface area contributed by atoms with Gasteiger partial charge in [0.2, 0.25) is 0 Å². The molecule has 0 saturated heterocycles. The summed E-state index contributed by atoms with van der Waals surface area (Å²) in [5.41, 5.74) is 9.07. The Morgan fingerprint density at radius 2 is 1.83 bits per heavy atom. The van der Waals surface area contributed by atoms with Crippen LogP contribution in [0.2, 0.25) is 0 Å². The van der Waals surface area contributed by atoms with Crippen molar-refractivity contribution in [3.8, 4) is 0 Å². The first-order valence-corrected chi connectivity index (χ1v) is 9.93. The normalized spacial score (nSPS) is 11.0. The Kier molecular flexibility index (Phi) is 5.17. The molecule has 1 heterocycles. The Bertz CT molecular complexity index is 1340. The number of halogens is 2. The summed E-state index contributed by atoms with van der Waals surface area (Å²) in [4.78, 5) is 25.2. The Balaban J connectivity index is 1.60. The summed E-state index contributed by atoms with van der Waals surface area (Å²) in [5.74, 6) is -0.843. The summed E-state index contributed by atoms with van der Waals surface area (Å²) in [6.07, 6.45) is 0. The number of carbonyl (C=O) groups is 1. The molecule has 0 aliphatic rings. The van der Waals surface area contributed by atoms with E-state index in [2.05, 4.69) is 21.2 Å². The molecule has 0 bridgehead atoms. The van der Waals surface area contributed by atoms with Crippen LogP contribution in [0.5, 0.6) is 0 Å². The van der Waals surface area contributed by atoms with Gasteiger partial charge in [0.15, 0.2) is 0 Å². The summed E-state index contributed by atoms with van der Waals surface area (Å²) in [5, 5.41) is 2.68. The van der Waals surface area contributed by atoms with Crippen LogP contribution in [0.25, 0.3) is 11.0 Å². The number of aryl methyl sites for hydroxylation is 1. The Labute approximate surface area is 179 Å². The molecule has 30 heavy (non-hydrogen) atoms. The lowest BCUT2D eigenvalue weighted by Gasteiger charge is -2.11. The maximum Gasteiger partial charge on any atom is 0.329 e. The molecule has 152 valence electrons. The second-order valence-electron chi connectivity index (χ2n) is 6.91. The number of hydrogen-bond acceptors (Lipinski definition) is 3. The maximum atomic E-state index is 13.2. The van der Waals surface area contributed by atoms with Crippen molar-refractivity contribution >= 4 is 44.2 Å². The first kappa shape index (κ1) is 19.9. The molecule has 6 nitrogen and oxygen atoms in total. The molecule has 0 atom stereocenters. The van der Waals surface area contributed by atoms with Crippen molar-refractivity contribution in [2.75, 3.05) is 11.1 Å². The fourth-order valence-electron chi connectivity index (χ4n) is 3.35. The number of nitrogens with two attached hydrogens (primary N) is 1. The van der Waals surface area contributed by atoms with Crippen LogP contribution >= 0.6 is 15.9 Å². The van der Waals surface area contributed by atoms with Crippen molar-refractivity contribution in [1.29, 1.82) is 0 Å². The van der Waals surface area contributed by atoms with Crippen LogP contribution in [0, 0.1) is 5.82 Å². The molecule has 8 heteroatoms. The van der Waals surface area contributed by atoms with Crippen molar-refractivity contribution in [2.45, 2.75) is 6.54 Å². The summed E-state index contributed by atoms with van der Waals surface area (Å²) in [7, 11) is 1.74. The van der Waals surface area contributed by atoms with Crippen molar-refractivity contribution in [3.05, 3.63) is 92.6 Å². The number of benzene rings is 3. The highest BCUT2D eigenvalue weighted by atomic mass is 79.9. The molecule has 0 fully saturated rings. The number of imidazole rings is 1. The van der Waals surface area contributed by atoms with Crippen LogP contribution in [0.4, 0.5) is 15.8 Å². The first-order chi connectivity index (χ1) is 14.3. The molecular weight excluding hydrogens is 451 g/mol. The SMILES string of the molecule is Cn1c(=O)n(Cc2ccc(C(=O)Nc3ccc(F)cc3N)cc2Br)c2ccccc21. The fraction of sp³-hybridized carbons (Fsp3) is 0.0909. The Morgan fingerprint density at radius 1 is 1.10 bits per heavy atom. The van der Waals surface area contributed by atoms with E-state index in [0.29, 0.717) is 22.3 Å². The topological polar surface area (TPSA) is 82.0 Å². The molecular formula is C22H18BrFN4O2. The van der Waals surface area contributed by atoms with E-state index in [4.69, 9.17) is 5.73 Å². The number of hydrogen-bond donors (Lipinski definition) is 2. The predicted octanol–water partition coefficient (Wildman–Crippen LogP) is 4.12. The predicted molar refractivity (Wildman–Crippen MR) is 119 cm³/mol. The standard InChI is InChI=1S/C22H18BrFN4O2/c1-27-19-4-2-3-5-20(19)28(22(27)30)12-14-7-6-13(10-16(14)23)21(29)26-18-9-8-15(24)11-17(18)25/h2-11H,12,25H2,1H3,(H,26,29). The number of nitrogen functional groups attached to an aromatic ring is 1. The molecule has 4 aromatic rings. The van der Waals surface area contributed by atoms with Crippen LogP contribution < -0.4 is 16.7 Å². The Morgan fingerprint density at radius 3 is 2.53 bits per heavy atom. The number of fused-ring (bicyclic) bond motifs is 1. The fourth-order valence-corrected chi connectivity index (χ4v) is 3.85. The van der Waals surface area contributed by atoms with Gasteiger partial charge in [-0.05, 0) is 48.0 Å². The van der Waals surface area contributed by atoms with E-state index in [-0.39, 0.29) is 17.3 Å².